The largest absolute Gasteiger partial charge is 0.480 e. The van der Waals surface area contributed by atoms with E-state index in [0.717, 1.165) is 0 Å². The van der Waals surface area contributed by atoms with Crippen LogP contribution < -0.4 is 33.2 Å². The van der Waals surface area contributed by atoms with Crippen molar-refractivity contribution in [2.75, 3.05) is 18.6 Å². The van der Waals surface area contributed by atoms with Gasteiger partial charge in [0, 0.05) is 18.3 Å². The Morgan fingerprint density at radius 2 is 1.67 bits per heavy atom. The molecular formula is C21H36N8O6S. The van der Waals surface area contributed by atoms with E-state index in [1.165, 1.54) is 24.3 Å². The number of H-pyrrole nitrogens is 1. The molecule has 36 heavy (non-hydrogen) atoms. The summed E-state index contributed by atoms with van der Waals surface area (Å²) in [5.74, 6) is -3.73. The molecular weight excluding hydrogens is 492 g/mol. The summed E-state index contributed by atoms with van der Waals surface area (Å²) in [6.45, 7) is 0.382. The number of thioether (sulfide) groups is 1. The van der Waals surface area contributed by atoms with E-state index in [9.17, 15) is 29.1 Å². The van der Waals surface area contributed by atoms with Crippen LogP contribution in [0.15, 0.2) is 12.5 Å². The minimum absolute atomic E-state index is 0.0583. The Balaban J connectivity index is 3.02. The Morgan fingerprint density at radius 3 is 2.22 bits per heavy atom. The minimum Gasteiger partial charge on any atom is -0.480 e. The first-order chi connectivity index (χ1) is 17.1. The van der Waals surface area contributed by atoms with Gasteiger partial charge in [-0.1, -0.05) is 0 Å². The molecule has 11 N–H and O–H groups in total. The first-order valence-electron chi connectivity index (χ1n) is 11.4. The van der Waals surface area contributed by atoms with Crippen LogP contribution in [0.3, 0.4) is 0 Å². The van der Waals surface area contributed by atoms with E-state index in [0.29, 0.717) is 37.3 Å². The number of nitrogens with two attached hydrogens (primary N) is 3. The fourth-order valence-electron chi connectivity index (χ4n) is 3.19. The molecule has 0 aliphatic heterocycles. The highest BCUT2D eigenvalue weighted by molar-refractivity contribution is 7.98. The van der Waals surface area contributed by atoms with E-state index in [-0.39, 0.29) is 12.8 Å². The number of imidazole rings is 1. The lowest BCUT2D eigenvalue weighted by atomic mass is 10.1. The number of nitrogens with one attached hydrogen (secondary N) is 4. The molecule has 4 amide bonds. The molecule has 0 fully saturated rings. The quantitative estimate of drug-likeness (QED) is 0.0936. The number of carboxylic acids is 1. The molecule has 0 radical (unpaired) electrons. The average molecular weight is 529 g/mol. The molecule has 4 unspecified atom stereocenters. The fraction of sp³-hybridized carbons (Fsp3) is 0.619. The highest BCUT2D eigenvalue weighted by atomic mass is 32.2. The van der Waals surface area contributed by atoms with Gasteiger partial charge in [0.25, 0.3) is 0 Å². The summed E-state index contributed by atoms with van der Waals surface area (Å²) in [5, 5.41) is 16.8. The molecule has 0 saturated heterocycles. The molecule has 1 aromatic heterocycles. The second kappa shape index (κ2) is 16.5. The summed E-state index contributed by atoms with van der Waals surface area (Å²) in [6.07, 6.45) is 5.66. The molecule has 15 heteroatoms. The van der Waals surface area contributed by atoms with Gasteiger partial charge < -0.3 is 43.2 Å². The van der Waals surface area contributed by atoms with Crippen LogP contribution in [0.1, 0.15) is 37.8 Å². The van der Waals surface area contributed by atoms with E-state index >= 15 is 0 Å². The third-order valence-electron chi connectivity index (χ3n) is 5.18. The van der Waals surface area contributed by atoms with Gasteiger partial charge in [0.1, 0.15) is 18.1 Å². The molecule has 4 atom stereocenters. The number of aliphatic carboxylic acids is 1. The van der Waals surface area contributed by atoms with E-state index in [4.69, 9.17) is 17.2 Å². The predicted octanol–water partition coefficient (Wildman–Crippen LogP) is -2.42. The summed E-state index contributed by atoms with van der Waals surface area (Å²) in [7, 11) is 0. The SMILES string of the molecule is CSCCC(N)C(=O)NC(CC(N)=O)C(=O)NC(Cc1cnc[nH]1)C(=O)NC(CCCCN)C(=O)O. The normalized spacial score (nSPS) is 14.2. The molecule has 0 bridgehead atoms. The third kappa shape index (κ3) is 11.5. The van der Waals surface area contributed by atoms with Gasteiger partial charge in [-0.2, -0.15) is 11.8 Å². The van der Waals surface area contributed by atoms with E-state index < -0.39 is 60.2 Å². The zero-order chi connectivity index (χ0) is 27.1. The number of aromatic amines is 1. The number of carbonyl (C=O) groups excluding carboxylic acids is 4. The van der Waals surface area contributed by atoms with Crippen LogP contribution in [0.5, 0.6) is 0 Å². The molecule has 0 aliphatic carbocycles. The van der Waals surface area contributed by atoms with Gasteiger partial charge in [0.15, 0.2) is 0 Å². The Bertz CT molecular complexity index is 869. The van der Waals surface area contributed by atoms with Crippen LogP contribution >= 0.6 is 11.8 Å². The lowest BCUT2D eigenvalue weighted by Gasteiger charge is -2.24. The highest BCUT2D eigenvalue weighted by Gasteiger charge is 2.31. The molecule has 14 nitrogen and oxygen atoms in total. The van der Waals surface area contributed by atoms with Crippen molar-refractivity contribution in [3.05, 3.63) is 18.2 Å². The predicted molar refractivity (Wildman–Crippen MR) is 133 cm³/mol. The van der Waals surface area contributed by atoms with Gasteiger partial charge in [0.2, 0.25) is 23.6 Å². The van der Waals surface area contributed by atoms with Gasteiger partial charge in [-0.25, -0.2) is 9.78 Å². The van der Waals surface area contributed by atoms with Crippen LogP contribution in [-0.4, -0.2) is 87.4 Å². The lowest BCUT2D eigenvalue weighted by Crippen LogP contribution is -2.58. The zero-order valence-corrected chi connectivity index (χ0v) is 21.0. The molecule has 1 aromatic rings. The number of hydrogen-bond acceptors (Lipinski definition) is 9. The topological polar surface area (TPSA) is 248 Å². The van der Waals surface area contributed by atoms with Crippen molar-refractivity contribution in [1.82, 2.24) is 25.9 Å². The standard InChI is InChI=1S/C21H36N8O6S/c1-36-7-5-13(23)18(31)28-16(9-17(24)30)20(33)29-15(8-12-10-25-11-26-12)19(32)27-14(21(34)35)4-2-3-6-22/h10-11,13-16H,2-9,22-23H2,1H3,(H2,24,30)(H,25,26)(H,27,32)(H,28,31)(H,29,33)(H,34,35). The average Bonchev–Trinajstić information content (AvgIpc) is 3.33. The number of aromatic nitrogens is 2. The molecule has 1 heterocycles. The molecule has 202 valence electrons. The summed E-state index contributed by atoms with van der Waals surface area (Å²) < 4.78 is 0. The van der Waals surface area contributed by atoms with Crippen LogP contribution in [0.2, 0.25) is 0 Å². The van der Waals surface area contributed by atoms with Gasteiger partial charge in [0.05, 0.1) is 18.8 Å². The molecule has 1 rings (SSSR count). The summed E-state index contributed by atoms with van der Waals surface area (Å²) in [6, 6.07) is -4.73. The minimum atomic E-state index is -1.38. The third-order valence-corrected chi connectivity index (χ3v) is 5.83. The molecule has 0 aliphatic rings. The number of hydrogen-bond donors (Lipinski definition) is 8. The fourth-order valence-corrected chi connectivity index (χ4v) is 3.68. The highest BCUT2D eigenvalue weighted by Crippen LogP contribution is 2.06. The van der Waals surface area contributed by atoms with E-state index in [1.54, 1.807) is 0 Å². The first-order valence-corrected chi connectivity index (χ1v) is 12.8. The summed E-state index contributed by atoms with van der Waals surface area (Å²) in [4.78, 5) is 68.3. The Kier molecular flexibility index (Phi) is 14.1. The maximum atomic E-state index is 13.0. The maximum absolute atomic E-state index is 13.0. The van der Waals surface area contributed by atoms with E-state index in [1.807, 2.05) is 6.26 Å². The van der Waals surface area contributed by atoms with Crippen LogP contribution in [0, 0.1) is 0 Å². The maximum Gasteiger partial charge on any atom is 0.326 e. The number of amides is 4. The second-order valence-corrected chi connectivity index (χ2v) is 9.13. The van der Waals surface area contributed by atoms with Crippen LogP contribution in [0.4, 0.5) is 0 Å². The van der Waals surface area contributed by atoms with Crippen LogP contribution in [0.25, 0.3) is 0 Å². The van der Waals surface area contributed by atoms with Gasteiger partial charge in [-0.05, 0) is 44.2 Å². The number of carboxylic acid groups (broad SMARTS) is 1. The van der Waals surface area contributed by atoms with Gasteiger partial charge in [-0.15, -0.1) is 0 Å². The zero-order valence-electron chi connectivity index (χ0n) is 20.2. The summed E-state index contributed by atoms with van der Waals surface area (Å²) >= 11 is 1.50. The number of rotatable bonds is 18. The van der Waals surface area contributed by atoms with Gasteiger partial charge in [-0.3, -0.25) is 19.2 Å². The Labute approximate surface area is 213 Å². The van der Waals surface area contributed by atoms with Crippen molar-refractivity contribution in [3.8, 4) is 0 Å². The smallest absolute Gasteiger partial charge is 0.326 e. The van der Waals surface area contributed by atoms with Gasteiger partial charge >= 0.3 is 5.97 Å². The lowest BCUT2D eigenvalue weighted by molar-refractivity contribution is -0.142. The number of carbonyl (C=O) groups is 5. The van der Waals surface area contributed by atoms with Crippen LogP contribution in [-0.2, 0) is 30.4 Å². The van der Waals surface area contributed by atoms with E-state index in [2.05, 4.69) is 25.9 Å². The molecule has 0 saturated carbocycles. The number of nitrogens with zero attached hydrogens (tertiary/aromatic N) is 1. The number of unbranched alkanes of at least 4 members (excludes halogenated alkanes) is 1. The van der Waals surface area contributed by atoms with Crippen molar-refractivity contribution in [2.45, 2.75) is 62.7 Å². The Hall–Kier alpha value is -3.17. The van der Waals surface area contributed by atoms with Crippen molar-refractivity contribution in [1.29, 1.82) is 0 Å². The Morgan fingerprint density at radius 1 is 1.03 bits per heavy atom. The van der Waals surface area contributed by atoms with Crippen molar-refractivity contribution >= 4 is 41.4 Å². The molecule has 0 spiro atoms. The van der Waals surface area contributed by atoms with Crippen molar-refractivity contribution in [2.24, 2.45) is 17.2 Å². The van der Waals surface area contributed by atoms with Crippen molar-refractivity contribution in [3.63, 3.8) is 0 Å². The number of primary amides is 1. The van der Waals surface area contributed by atoms with Crippen molar-refractivity contribution < 1.29 is 29.1 Å². The monoisotopic (exact) mass is 528 g/mol. The summed E-state index contributed by atoms with van der Waals surface area (Å²) in [5.41, 5.74) is 17.0. The second-order valence-electron chi connectivity index (χ2n) is 8.15. The first kappa shape index (κ1) is 30.9. The molecule has 0 aromatic carbocycles.